The maximum atomic E-state index is 13.7. The van der Waals surface area contributed by atoms with Crippen LogP contribution in [-0.2, 0) is 11.3 Å². The molecular weight excluding hydrogens is 271 g/mol. The molecule has 1 aliphatic carbocycles. The molecule has 1 aliphatic rings. The number of halogens is 1. The van der Waals surface area contributed by atoms with E-state index in [2.05, 4.69) is 0 Å². The predicted molar refractivity (Wildman–Crippen MR) is 79.4 cm³/mol. The summed E-state index contributed by atoms with van der Waals surface area (Å²) in [5.41, 5.74) is 6.62. The van der Waals surface area contributed by atoms with Gasteiger partial charge in [0.15, 0.2) is 11.6 Å². The second-order valence-corrected chi connectivity index (χ2v) is 5.77. The van der Waals surface area contributed by atoms with Gasteiger partial charge in [-0.2, -0.15) is 0 Å². The van der Waals surface area contributed by atoms with Crippen LogP contribution in [0, 0.1) is 11.7 Å². The van der Waals surface area contributed by atoms with E-state index in [1.165, 1.54) is 13.2 Å². The molecule has 1 amide bonds. The van der Waals surface area contributed by atoms with Crippen molar-refractivity contribution in [2.24, 2.45) is 11.7 Å². The molecule has 0 aliphatic heterocycles. The summed E-state index contributed by atoms with van der Waals surface area (Å²) in [6.45, 7) is 0.405. The Balaban J connectivity index is 1.95. The van der Waals surface area contributed by atoms with Gasteiger partial charge in [0, 0.05) is 25.6 Å². The molecule has 21 heavy (non-hydrogen) atoms. The van der Waals surface area contributed by atoms with Gasteiger partial charge >= 0.3 is 0 Å². The van der Waals surface area contributed by atoms with Crippen molar-refractivity contribution in [2.75, 3.05) is 14.2 Å². The van der Waals surface area contributed by atoms with Crippen molar-refractivity contribution in [3.05, 3.63) is 29.6 Å². The van der Waals surface area contributed by atoms with Crippen molar-refractivity contribution >= 4 is 5.91 Å². The van der Waals surface area contributed by atoms with Crippen LogP contribution in [0.15, 0.2) is 18.2 Å². The normalized spacial score (nSPS) is 21.9. The van der Waals surface area contributed by atoms with E-state index in [1.807, 2.05) is 0 Å². The summed E-state index contributed by atoms with van der Waals surface area (Å²) < 4.78 is 18.5. The molecule has 1 saturated carbocycles. The molecular formula is C16H23FN2O2. The van der Waals surface area contributed by atoms with Gasteiger partial charge in [0.1, 0.15) is 0 Å². The van der Waals surface area contributed by atoms with Gasteiger partial charge < -0.3 is 15.4 Å². The first-order chi connectivity index (χ1) is 10.0. The molecule has 0 radical (unpaired) electrons. The second kappa shape index (κ2) is 6.89. The number of nitrogens with zero attached hydrogens (tertiary/aromatic N) is 1. The largest absolute Gasteiger partial charge is 0.494 e. The number of nitrogens with two attached hydrogens (primary N) is 1. The number of hydrogen-bond acceptors (Lipinski definition) is 3. The average Bonchev–Trinajstić information content (AvgIpc) is 2.47. The second-order valence-electron chi connectivity index (χ2n) is 5.77. The minimum atomic E-state index is -0.403. The Morgan fingerprint density at radius 3 is 2.62 bits per heavy atom. The van der Waals surface area contributed by atoms with E-state index in [4.69, 9.17) is 10.5 Å². The fraction of sp³-hybridized carbons (Fsp3) is 0.562. The van der Waals surface area contributed by atoms with Crippen LogP contribution in [0.5, 0.6) is 5.75 Å². The van der Waals surface area contributed by atoms with Crippen molar-refractivity contribution < 1.29 is 13.9 Å². The smallest absolute Gasteiger partial charge is 0.225 e. The summed E-state index contributed by atoms with van der Waals surface area (Å²) in [6, 6.07) is 5.01. The lowest BCUT2D eigenvalue weighted by Crippen LogP contribution is -2.37. The molecule has 0 aromatic heterocycles. The third kappa shape index (κ3) is 3.94. The van der Waals surface area contributed by atoms with Crippen LogP contribution in [-0.4, -0.2) is 31.0 Å². The molecule has 1 fully saturated rings. The van der Waals surface area contributed by atoms with Crippen LogP contribution in [0.1, 0.15) is 31.2 Å². The number of rotatable bonds is 4. The Morgan fingerprint density at radius 2 is 2.05 bits per heavy atom. The van der Waals surface area contributed by atoms with Crippen molar-refractivity contribution in [1.82, 2.24) is 4.90 Å². The first-order valence-electron chi connectivity index (χ1n) is 7.34. The minimum Gasteiger partial charge on any atom is -0.494 e. The third-order valence-electron chi connectivity index (χ3n) is 4.13. The van der Waals surface area contributed by atoms with Crippen LogP contribution in [0.4, 0.5) is 4.39 Å². The van der Waals surface area contributed by atoms with E-state index in [1.54, 1.807) is 24.1 Å². The van der Waals surface area contributed by atoms with Crippen LogP contribution in [0.25, 0.3) is 0 Å². The van der Waals surface area contributed by atoms with E-state index >= 15 is 0 Å². The van der Waals surface area contributed by atoms with E-state index in [0.717, 1.165) is 31.2 Å². The Bertz CT molecular complexity index is 499. The third-order valence-corrected chi connectivity index (χ3v) is 4.13. The van der Waals surface area contributed by atoms with Gasteiger partial charge in [-0.1, -0.05) is 6.07 Å². The van der Waals surface area contributed by atoms with Gasteiger partial charge in [0.2, 0.25) is 5.91 Å². The van der Waals surface area contributed by atoms with Crippen molar-refractivity contribution in [3.8, 4) is 5.75 Å². The molecule has 116 valence electrons. The molecule has 0 spiro atoms. The van der Waals surface area contributed by atoms with Gasteiger partial charge in [-0.3, -0.25) is 4.79 Å². The lowest BCUT2D eigenvalue weighted by Gasteiger charge is -2.29. The van der Waals surface area contributed by atoms with Crippen LogP contribution in [0.2, 0.25) is 0 Å². The molecule has 0 unspecified atom stereocenters. The Kier molecular flexibility index (Phi) is 5.17. The molecule has 0 saturated heterocycles. The highest BCUT2D eigenvalue weighted by atomic mass is 19.1. The number of ether oxygens (including phenoxy) is 1. The van der Waals surface area contributed by atoms with Gasteiger partial charge in [-0.15, -0.1) is 0 Å². The first kappa shape index (κ1) is 15.8. The first-order valence-corrected chi connectivity index (χ1v) is 7.34. The fourth-order valence-corrected chi connectivity index (χ4v) is 2.84. The highest BCUT2D eigenvalue weighted by Gasteiger charge is 2.26. The number of amides is 1. The number of methoxy groups -OCH3 is 1. The van der Waals surface area contributed by atoms with Crippen LogP contribution in [0.3, 0.4) is 0 Å². The molecule has 0 atom stereocenters. The van der Waals surface area contributed by atoms with Gasteiger partial charge in [0.25, 0.3) is 0 Å². The maximum absolute atomic E-state index is 13.7. The zero-order valence-corrected chi connectivity index (χ0v) is 12.6. The molecule has 5 heteroatoms. The fourth-order valence-electron chi connectivity index (χ4n) is 2.84. The summed E-state index contributed by atoms with van der Waals surface area (Å²) in [6.07, 6.45) is 3.51. The van der Waals surface area contributed by atoms with Crippen molar-refractivity contribution in [3.63, 3.8) is 0 Å². The van der Waals surface area contributed by atoms with Crippen LogP contribution < -0.4 is 10.5 Å². The molecule has 1 aromatic rings. The van der Waals surface area contributed by atoms with E-state index in [-0.39, 0.29) is 23.6 Å². The number of carbonyl (C=O) groups is 1. The molecule has 1 aromatic carbocycles. The number of hydrogen-bond donors (Lipinski definition) is 1. The van der Waals surface area contributed by atoms with Crippen molar-refractivity contribution in [2.45, 2.75) is 38.3 Å². The summed E-state index contributed by atoms with van der Waals surface area (Å²) in [7, 11) is 3.19. The Morgan fingerprint density at radius 1 is 1.38 bits per heavy atom. The highest BCUT2D eigenvalue weighted by Crippen LogP contribution is 2.25. The van der Waals surface area contributed by atoms with Gasteiger partial charge in [0.05, 0.1) is 7.11 Å². The van der Waals surface area contributed by atoms with E-state index < -0.39 is 5.82 Å². The lowest BCUT2D eigenvalue weighted by molar-refractivity contribution is -0.135. The van der Waals surface area contributed by atoms with Gasteiger partial charge in [-0.25, -0.2) is 4.39 Å². The lowest BCUT2D eigenvalue weighted by atomic mass is 9.85. The Hall–Kier alpha value is -1.62. The molecule has 0 bridgehead atoms. The summed E-state index contributed by atoms with van der Waals surface area (Å²) in [5.74, 6) is -0.00971. The van der Waals surface area contributed by atoms with Gasteiger partial charge in [-0.05, 0) is 43.4 Å². The molecule has 2 rings (SSSR count). The van der Waals surface area contributed by atoms with E-state index in [0.29, 0.717) is 6.54 Å². The standard InChI is InChI=1S/C16H23FN2O2/c1-19(16(20)12-4-6-13(18)7-5-12)10-11-3-8-15(21-2)14(17)9-11/h3,8-9,12-13H,4-7,10,18H2,1-2H3. The monoisotopic (exact) mass is 294 g/mol. The quantitative estimate of drug-likeness (QED) is 0.927. The summed E-state index contributed by atoms with van der Waals surface area (Å²) >= 11 is 0. The zero-order valence-electron chi connectivity index (χ0n) is 12.6. The van der Waals surface area contributed by atoms with Crippen LogP contribution >= 0.6 is 0 Å². The molecule has 2 N–H and O–H groups in total. The number of benzene rings is 1. The molecule has 0 heterocycles. The zero-order chi connectivity index (χ0) is 15.4. The Labute approximate surface area is 125 Å². The number of carbonyl (C=O) groups excluding carboxylic acids is 1. The van der Waals surface area contributed by atoms with Crippen molar-refractivity contribution in [1.29, 1.82) is 0 Å². The topological polar surface area (TPSA) is 55.6 Å². The summed E-state index contributed by atoms with van der Waals surface area (Å²) in [5, 5.41) is 0. The maximum Gasteiger partial charge on any atom is 0.225 e. The summed E-state index contributed by atoms with van der Waals surface area (Å²) in [4.78, 5) is 14.1. The average molecular weight is 294 g/mol. The predicted octanol–water partition coefficient (Wildman–Crippen LogP) is 2.31. The molecule has 4 nitrogen and oxygen atoms in total. The minimum absolute atomic E-state index is 0.0536. The SMILES string of the molecule is COc1ccc(CN(C)C(=O)C2CCC(N)CC2)cc1F. The highest BCUT2D eigenvalue weighted by molar-refractivity contribution is 5.78. The van der Waals surface area contributed by atoms with E-state index in [9.17, 15) is 9.18 Å².